The van der Waals surface area contributed by atoms with Gasteiger partial charge in [-0.15, -0.1) is 0 Å². The Bertz CT molecular complexity index is 548. The summed E-state index contributed by atoms with van der Waals surface area (Å²) in [5.41, 5.74) is 1.88. The molecular formula is C13H18N4O. The lowest BCUT2D eigenvalue weighted by molar-refractivity contribution is 0.413. The van der Waals surface area contributed by atoms with Gasteiger partial charge < -0.3 is 4.74 Å². The van der Waals surface area contributed by atoms with Gasteiger partial charge >= 0.3 is 0 Å². The van der Waals surface area contributed by atoms with Crippen LogP contribution in [0.3, 0.4) is 0 Å². The van der Waals surface area contributed by atoms with Crippen molar-refractivity contribution in [2.24, 2.45) is 0 Å². The molecule has 0 fully saturated rings. The second kappa shape index (κ2) is 5.16. The van der Waals surface area contributed by atoms with Gasteiger partial charge in [0.1, 0.15) is 5.75 Å². The molecule has 2 heterocycles. The molecule has 0 amide bonds. The Morgan fingerprint density at radius 1 is 1.33 bits per heavy atom. The van der Waals surface area contributed by atoms with Gasteiger partial charge in [0.2, 0.25) is 0 Å². The van der Waals surface area contributed by atoms with Crippen molar-refractivity contribution in [1.82, 2.24) is 19.7 Å². The molecule has 0 N–H and O–H groups in total. The van der Waals surface area contributed by atoms with Gasteiger partial charge in [-0.05, 0) is 19.9 Å². The van der Waals surface area contributed by atoms with Crippen LogP contribution in [0.1, 0.15) is 25.4 Å². The van der Waals surface area contributed by atoms with Crippen molar-refractivity contribution in [2.45, 2.75) is 33.7 Å². The molecule has 0 radical (unpaired) electrons. The first kappa shape index (κ1) is 12.5. The maximum Gasteiger partial charge on any atom is 0.162 e. The zero-order valence-corrected chi connectivity index (χ0v) is 11.3. The van der Waals surface area contributed by atoms with Crippen LogP contribution < -0.4 is 4.74 Å². The van der Waals surface area contributed by atoms with E-state index in [1.165, 1.54) is 0 Å². The minimum absolute atomic E-state index is 0.727. The van der Waals surface area contributed by atoms with Gasteiger partial charge in [0.05, 0.1) is 18.9 Å². The Kier molecular flexibility index (Phi) is 3.60. The van der Waals surface area contributed by atoms with E-state index in [0.717, 1.165) is 41.6 Å². The van der Waals surface area contributed by atoms with Crippen LogP contribution >= 0.6 is 0 Å². The lowest BCUT2D eigenvalue weighted by Gasteiger charge is -2.08. The van der Waals surface area contributed by atoms with Crippen molar-refractivity contribution in [3.8, 4) is 17.1 Å². The van der Waals surface area contributed by atoms with Crippen LogP contribution in [0.15, 0.2) is 12.3 Å². The average molecular weight is 246 g/mol. The number of aryl methyl sites for hydroxylation is 3. The SMILES string of the molecule is CCc1nc(-c2cc(C)ncc2OC)n(CC)n1. The highest BCUT2D eigenvalue weighted by atomic mass is 16.5. The summed E-state index contributed by atoms with van der Waals surface area (Å²) in [5.74, 6) is 2.42. The summed E-state index contributed by atoms with van der Waals surface area (Å²) in [6.45, 7) is 6.84. The molecule has 0 spiro atoms. The van der Waals surface area contributed by atoms with Crippen LogP contribution in [0.4, 0.5) is 0 Å². The Morgan fingerprint density at radius 2 is 2.11 bits per heavy atom. The fraction of sp³-hybridized carbons (Fsp3) is 0.462. The summed E-state index contributed by atoms with van der Waals surface area (Å²) < 4.78 is 7.25. The van der Waals surface area contributed by atoms with Crippen LogP contribution in [0.5, 0.6) is 5.75 Å². The molecule has 2 aromatic heterocycles. The van der Waals surface area contributed by atoms with Crippen molar-refractivity contribution in [3.05, 3.63) is 23.8 Å². The average Bonchev–Trinajstić information content (AvgIpc) is 2.81. The maximum atomic E-state index is 5.35. The summed E-state index contributed by atoms with van der Waals surface area (Å²) in [6.07, 6.45) is 2.55. The number of pyridine rings is 1. The van der Waals surface area contributed by atoms with Gasteiger partial charge in [0.25, 0.3) is 0 Å². The highest BCUT2D eigenvalue weighted by Gasteiger charge is 2.15. The molecule has 0 unspecified atom stereocenters. The fourth-order valence-corrected chi connectivity index (χ4v) is 1.84. The third-order valence-electron chi connectivity index (χ3n) is 2.80. The Labute approximate surface area is 107 Å². The topological polar surface area (TPSA) is 52.8 Å². The molecule has 0 aliphatic carbocycles. The largest absolute Gasteiger partial charge is 0.494 e. The van der Waals surface area contributed by atoms with E-state index in [9.17, 15) is 0 Å². The van der Waals surface area contributed by atoms with Crippen LogP contribution in [-0.2, 0) is 13.0 Å². The van der Waals surface area contributed by atoms with Crippen molar-refractivity contribution in [3.63, 3.8) is 0 Å². The lowest BCUT2D eigenvalue weighted by atomic mass is 10.2. The zero-order chi connectivity index (χ0) is 13.1. The first-order chi connectivity index (χ1) is 8.69. The van der Waals surface area contributed by atoms with E-state index < -0.39 is 0 Å². The van der Waals surface area contributed by atoms with Crippen molar-refractivity contribution in [2.75, 3.05) is 7.11 Å². The molecule has 96 valence electrons. The highest BCUT2D eigenvalue weighted by molar-refractivity contribution is 5.64. The molecule has 0 aliphatic heterocycles. The normalized spacial score (nSPS) is 10.7. The quantitative estimate of drug-likeness (QED) is 0.830. The van der Waals surface area contributed by atoms with E-state index in [1.54, 1.807) is 13.3 Å². The number of methoxy groups -OCH3 is 1. The second-order valence-electron chi connectivity index (χ2n) is 4.05. The summed E-state index contributed by atoms with van der Waals surface area (Å²) in [4.78, 5) is 8.80. The smallest absolute Gasteiger partial charge is 0.162 e. The number of aromatic nitrogens is 4. The predicted octanol–water partition coefficient (Wildman–Crippen LogP) is 2.24. The fourth-order valence-electron chi connectivity index (χ4n) is 1.84. The molecule has 2 rings (SSSR count). The minimum atomic E-state index is 0.727. The monoisotopic (exact) mass is 246 g/mol. The van der Waals surface area contributed by atoms with E-state index in [0.29, 0.717) is 0 Å². The van der Waals surface area contributed by atoms with Gasteiger partial charge in [-0.3, -0.25) is 4.98 Å². The van der Waals surface area contributed by atoms with E-state index in [4.69, 9.17) is 4.74 Å². The standard InChI is InChI=1S/C13H18N4O/c1-5-12-15-13(17(6-2)16-12)10-7-9(3)14-8-11(10)18-4/h7-8H,5-6H2,1-4H3. The number of ether oxygens (including phenoxy) is 1. The molecule has 0 aliphatic rings. The maximum absolute atomic E-state index is 5.35. The summed E-state index contributed by atoms with van der Waals surface area (Å²) >= 11 is 0. The molecule has 5 heteroatoms. The van der Waals surface area contributed by atoms with Gasteiger partial charge in [-0.2, -0.15) is 5.10 Å². The zero-order valence-electron chi connectivity index (χ0n) is 11.3. The van der Waals surface area contributed by atoms with E-state index in [1.807, 2.05) is 24.6 Å². The minimum Gasteiger partial charge on any atom is -0.494 e. The third kappa shape index (κ3) is 2.20. The summed E-state index contributed by atoms with van der Waals surface area (Å²) in [5, 5.41) is 4.46. The first-order valence-corrected chi connectivity index (χ1v) is 6.14. The molecule has 0 aromatic carbocycles. The van der Waals surface area contributed by atoms with E-state index in [2.05, 4.69) is 22.0 Å². The number of hydrogen-bond acceptors (Lipinski definition) is 4. The molecule has 0 saturated heterocycles. The number of nitrogens with zero attached hydrogens (tertiary/aromatic N) is 4. The third-order valence-corrected chi connectivity index (χ3v) is 2.80. The lowest BCUT2D eigenvalue weighted by Crippen LogP contribution is -2.02. The van der Waals surface area contributed by atoms with Crippen LogP contribution in [0.2, 0.25) is 0 Å². The van der Waals surface area contributed by atoms with E-state index in [-0.39, 0.29) is 0 Å². The van der Waals surface area contributed by atoms with Crippen LogP contribution in [-0.4, -0.2) is 26.9 Å². The van der Waals surface area contributed by atoms with Crippen LogP contribution in [0, 0.1) is 6.92 Å². The summed E-state index contributed by atoms with van der Waals surface area (Å²) in [6, 6.07) is 1.98. The highest BCUT2D eigenvalue weighted by Crippen LogP contribution is 2.28. The Balaban J connectivity index is 2.59. The van der Waals surface area contributed by atoms with Crippen molar-refractivity contribution >= 4 is 0 Å². The molecule has 5 nitrogen and oxygen atoms in total. The molecule has 0 saturated carbocycles. The Morgan fingerprint density at radius 3 is 2.72 bits per heavy atom. The number of rotatable bonds is 4. The number of hydrogen-bond donors (Lipinski definition) is 0. The Hall–Kier alpha value is -1.91. The van der Waals surface area contributed by atoms with Gasteiger partial charge in [0.15, 0.2) is 11.6 Å². The van der Waals surface area contributed by atoms with Crippen molar-refractivity contribution in [1.29, 1.82) is 0 Å². The molecule has 18 heavy (non-hydrogen) atoms. The molecular weight excluding hydrogens is 228 g/mol. The van der Waals surface area contributed by atoms with Crippen LogP contribution in [0.25, 0.3) is 11.4 Å². The van der Waals surface area contributed by atoms with Gasteiger partial charge in [0, 0.05) is 18.7 Å². The first-order valence-electron chi connectivity index (χ1n) is 6.14. The molecule has 2 aromatic rings. The summed E-state index contributed by atoms with van der Waals surface area (Å²) in [7, 11) is 1.64. The molecule has 0 atom stereocenters. The second-order valence-corrected chi connectivity index (χ2v) is 4.05. The predicted molar refractivity (Wildman–Crippen MR) is 69.6 cm³/mol. The van der Waals surface area contributed by atoms with E-state index >= 15 is 0 Å². The van der Waals surface area contributed by atoms with Gasteiger partial charge in [-0.1, -0.05) is 6.92 Å². The van der Waals surface area contributed by atoms with Crippen molar-refractivity contribution < 1.29 is 4.74 Å². The van der Waals surface area contributed by atoms with Gasteiger partial charge in [-0.25, -0.2) is 9.67 Å². The molecule has 0 bridgehead atoms.